The van der Waals surface area contributed by atoms with Gasteiger partial charge < -0.3 is 0 Å². The maximum Gasteiger partial charge on any atom is 0.0379 e. The van der Waals surface area contributed by atoms with Crippen molar-refractivity contribution >= 4 is 32.3 Å². The van der Waals surface area contributed by atoms with E-state index in [0.29, 0.717) is 0 Å². The summed E-state index contributed by atoms with van der Waals surface area (Å²) in [4.78, 5) is 4.46. The summed E-state index contributed by atoms with van der Waals surface area (Å²) in [5.41, 5.74) is 1.06. The van der Waals surface area contributed by atoms with E-state index in [1.807, 2.05) is 13.1 Å². The van der Waals surface area contributed by atoms with Gasteiger partial charge in [0.05, 0.1) is 0 Å². The molecule has 1 heterocycles. The number of nitrogens with zero attached hydrogens (tertiary/aromatic N) is 1. The Morgan fingerprint density at radius 1 is 0.632 bits per heavy atom. The van der Waals surface area contributed by atoms with Crippen LogP contribution in [-0.4, -0.2) is 4.98 Å². The predicted octanol–water partition coefficient (Wildman–Crippen LogP) is 4.85. The summed E-state index contributed by atoms with van der Waals surface area (Å²) in [5, 5.41) is 7.74. The number of hydrogen-bond donors (Lipinski definition) is 0. The van der Waals surface area contributed by atoms with Crippen LogP contribution >= 0.6 is 0 Å². The van der Waals surface area contributed by atoms with Crippen LogP contribution < -0.4 is 0 Å². The van der Waals surface area contributed by atoms with E-state index in [1.54, 1.807) is 0 Å². The molecule has 1 nitrogen and oxygen atoms in total. The Morgan fingerprint density at radius 2 is 1.11 bits per heavy atom. The van der Waals surface area contributed by atoms with Crippen LogP contribution in [0, 0.1) is 6.92 Å². The van der Waals surface area contributed by atoms with E-state index in [4.69, 9.17) is 0 Å². The van der Waals surface area contributed by atoms with Gasteiger partial charge in [-0.1, -0.05) is 48.5 Å². The molecule has 4 aromatic rings. The highest BCUT2D eigenvalue weighted by molar-refractivity contribution is 6.25. The van der Waals surface area contributed by atoms with Crippen LogP contribution in [0.2, 0.25) is 0 Å². The minimum absolute atomic E-state index is 1.06. The molecule has 0 atom stereocenters. The quantitative estimate of drug-likeness (QED) is 0.402. The van der Waals surface area contributed by atoms with Crippen molar-refractivity contribution in [3.8, 4) is 0 Å². The lowest BCUT2D eigenvalue weighted by molar-refractivity contribution is 1.23. The molecule has 0 spiro atoms. The van der Waals surface area contributed by atoms with E-state index >= 15 is 0 Å². The fourth-order valence-electron chi connectivity index (χ4n) is 2.90. The molecule has 0 bridgehead atoms. The molecule has 0 saturated carbocycles. The zero-order chi connectivity index (χ0) is 12.8. The van der Waals surface area contributed by atoms with Crippen molar-refractivity contribution in [1.82, 2.24) is 4.98 Å². The van der Waals surface area contributed by atoms with Gasteiger partial charge in [-0.15, -0.1) is 0 Å². The molecule has 0 saturated heterocycles. The van der Waals surface area contributed by atoms with Gasteiger partial charge in [-0.05, 0) is 39.9 Å². The number of benzene rings is 3. The third-order valence-corrected chi connectivity index (χ3v) is 3.77. The van der Waals surface area contributed by atoms with Crippen LogP contribution in [0.15, 0.2) is 60.8 Å². The van der Waals surface area contributed by atoms with Crippen molar-refractivity contribution in [3.63, 3.8) is 0 Å². The van der Waals surface area contributed by atoms with E-state index in [1.165, 1.54) is 32.3 Å². The maximum atomic E-state index is 4.46. The van der Waals surface area contributed by atoms with Gasteiger partial charge in [-0.2, -0.15) is 0 Å². The Hall–Kier alpha value is -2.41. The van der Waals surface area contributed by atoms with Crippen LogP contribution in [0.5, 0.6) is 0 Å². The van der Waals surface area contributed by atoms with Gasteiger partial charge in [0.2, 0.25) is 0 Å². The van der Waals surface area contributed by atoms with Crippen LogP contribution in [0.4, 0.5) is 0 Å². The minimum Gasteiger partial charge on any atom is -0.261 e. The topological polar surface area (TPSA) is 12.9 Å². The molecule has 4 rings (SSSR count). The number of aromatic nitrogens is 1. The van der Waals surface area contributed by atoms with Crippen molar-refractivity contribution in [2.24, 2.45) is 0 Å². The molecule has 0 aliphatic rings. The van der Waals surface area contributed by atoms with Crippen molar-refractivity contribution < 1.29 is 0 Å². The Balaban J connectivity index is 2.43. The summed E-state index contributed by atoms with van der Waals surface area (Å²) >= 11 is 0. The second kappa shape index (κ2) is 3.79. The van der Waals surface area contributed by atoms with Crippen molar-refractivity contribution in [2.45, 2.75) is 6.92 Å². The van der Waals surface area contributed by atoms with E-state index in [-0.39, 0.29) is 0 Å². The SMILES string of the molecule is Cc1cc2c3ccccc3c3ccccc3c2cn1. The van der Waals surface area contributed by atoms with Crippen LogP contribution in [0.25, 0.3) is 32.3 Å². The Bertz CT molecular complexity index is 887. The first kappa shape index (κ1) is 10.5. The maximum absolute atomic E-state index is 4.46. The summed E-state index contributed by atoms with van der Waals surface area (Å²) in [6.45, 7) is 2.05. The van der Waals surface area contributed by atoms with E-state index in [9.17, 15) is 0 Å². The summed E-state index contributed by atoms with van der Waals surface area (Å²) in [6.07, 6.45) is 2.00. The number of rotatable bonds is 0. The second-order valence-electron chi connectivity index (χ2n) is 4.96. The Kier molecular flexibility index (Phi) is 2.10. The van der Waals surface area contributed by atoms with Gasteiger partial charge in [0.15, 0.2) is 0 Å². The first-order valence-corrected chi connectivity index (χ1v) is 6.50. The number of hydrogen-bond acceptors (Lipinski definition) is 1. The van der Waals surface area contributed by atoms with Gasteiger partial charge in [-0.25, -0.2) is 0 Å². The van der Waals surface area contributed by atoms with Crippen molar-refractivity contribution in [3.05, 3.63) is 66.5 Å². The van der Waals surface area contributed by atoms with Crippen LogP contribution in [0.1, 0.15) is 5.69 Å². The van der Waals surface area contributed by atoms with E-state index < -0.39 is 0 Å². The van der Waals surface area contributed by atoms with Crippen LogP contribution in [0.3, 0.4) is 0 Å². The molecule has 1 heteroatoms. The highest BCUT2D eigenvalue weighted by Gasteiger charge is 2.07. The second-order valence-corrected chi connectivity index (χ2v) is 4.96. The zero-order valence-corrected chi connectivity index (χ0v) is 10.7. The molecule has 0 unspecified atom stereocenters. The molecular formula is C18H13N. The van der Waals surface area contributed by atoms with Crippen LogP contribution in [-0.2, 0) is 0 Å². The number of aryl methyl sites for hydroxylation is 1. The fourth-order valence-corrected chi connectivity index (χ4v) is 2.90. The molecule has 0 aliphatic heterocycles. The molecule has 0 N–H and O–H groups in total. The molecule has 0 fully saturated rings. The normalized spacial score (nSPS) is 11.4. The monoisotopic (exact) mass is 243 g/mol. The van der Waals surface area contributed by atoms with E-state index in [0.717, 1.165) is 5.69 Å². The molecule has 3 aromatic carbocycles. The molecular weight excluding hydrogens is 230 g/mol. The lowest BCUT2D eigenvalue weighted by Gasteiger charge is -2.10. The lowest BCUT2D eigenvalue weighted by Crippen LogP contribution is -1.86. The van der Waals surface area contributed by atoms with Gasteiger partial charge >= 0.3 is 0 Å². The average molecular weight is 243 g/mol. The minimum atomic E-state index is 1.06. The fraction of sp³-hybridized carbons (Fsp3) is 0.0556. The highest BCUT2D eigenvalue weighted by Crippen LogP contribution is 2.34. The summed E-state index contributed by atoms with van der Waals surface area (Å²) in [6, 6.07) is 19.4. The zero-order valence-electron chi connectivity index (χ0n) is 10.7. The Labute approximate surface area is 111 Å². The smallest absolute Gasteiger partial charge is 0.0379 e. The van der Waals surface area contributed by atoms with Gasteiger partial charge in [0.1, 0.15) is 0 Å². The first-order valence-electron chi connectivity index (χ1n) is 6.50. The van der Waals surface area contributed by atoms with Gasteiger partial charge in [0.25, 0.3) is 0 Å². The number of fused-ring (bicyclic) bond motifs is 6. The highest BCUT2D eigenvalue weighted by atomic mass is 14.7. The summed E-state index contributed by atoms with van der Waals surface area (Å²) in [7, 11) is 0. The third kappa shape index (κ3) is 1.45. The standard InChI is InChI=1S/C18H13N/c1-12-10-17-15-8-4-2-6-13(15)14-7-3-5-9-16(14)18(17)11-19-12/h2-11H,1H3. The summed E-state index contributed by atoms with van der Waals surface area (Å²) < 4.78 is 0. The lowest BCUT2D eigenvalue weighted by atomic mass is 9.95. The van der Waals surface area contributed by atoms with Crippen molar-refractivity contribution in [2.75, 3.05) is 0 Å². The number of pyridine rings is 1. The molecule has 90 valence electrons. The predicted molar refractivity (Wildman–Crippen MR) is 81.5 cm³/mol. The van der Waals surface area contributed by atoms with Gasteiger partial charge in [-0.3, -0.25) is 4.98 Å². The first-order chi connectivity index (χ1) is 9.34. The van der Waals surface area contributed by atoms with Gasteiger partial charge in [0, 0.05) is 17.3 Å². The molecule has 0 amide bonds. The van der Waals surface area contributed by atoms with E-state index in [2.05, 4.69) is 59.6 Å². The molecule has 0 aliphatic carbocycles. The van der Waals surface area contributed by atoms with Crippen molar-refractivity contribution in [1.29, 1.82) is 0 Å². The molecule has 19 heavy (non-hydrogen) atoms. The third-order valence-electron chi connectivity index (χ3n) is 3.77. The largest absolute Gasteiger partial charge is 0.261 e. The Morgan fingerprint density at radius 3 is 1.68 bits per heavy atom. The molecule has 1 aromatic heterocycles. The summed E-state index contributed by atoms with van der Waals surface area (Å²) in [5.74, 6) is 0. The average Bonchev–Trinajstić information content (AvgIpc) is 2.47. The molecule has 0 radical (unpaired) electrons.